The fourth-order valence-corrected chi connectivity index (χ4v) is 2.84. The van der Waals surface area contributed by atoms with E-state index in [2.05, 4.69) is 5.32 Å². The average molecular weight is 335 g/mol. The summed E-state index contributed by atoms with van der Waals surface area (Å²) >= 11 is 0. The largest absolute Gasteiger partial charge is 0.349 e. The second kappa shape index (κ2) is 6.91. The van der Waals surface area contributed by atoms with Crippen molar-refractivity contribution in [2.75, 3.05) is 6.26 Å². The van der Waals surface area contributed by atoms with Crippen LogP contribution in [0.2, 0.25) is 0 Å². The van der Waals surface area contributed by atoms with Gasteiger partial charge in [0, 0.05) is 6.26 Å². The lowest BCUT2D eigenvalue weighted by Crippen LogP contribution is -2.28. The Morgan fingerprint density at radius 3 is 2.39 bits per heavy atom. The maximum absolute atomic E-state index is 13.1. The molecule has 23 heavy (non-hydrogen) atoms. The third kappa shape index (κ3) is 4.89. The molecule has 1 atom stereocenters. The highest BCUT2D eigenvalue weighted by Crippen LogP contribution is 2.16. The number of benzene rings is 2. The molecule has 0 saturated carbocycles. The normalized spacial score (nSPS) is 12.7. The number of hydrogen-bond acceptors (Lipinski definition) is 3. The first-order chi connectivity index (χ1) is 10.8. The number of carbonyl (C=O) groups excluding carboxylic acids is 1. The summed E-state index contributed by atoms with van der Waals surface area (Å²) in [7, 11) is -3.24. The predicted octanol–water partition coefficient (Wildman–Crippen LogP) is 2.65. The van der Waals surface area contributed by atoms with Crippen molar-refractivity contribution in [2.45, 2.75) is 24.3 Å². The summed E-state index contributed by atoms with van der Waals surface area (Å²) in [6.45, 7) is 1.80. The Kier molecular flexibility index (Phi) is 5.15. The molecule has 2 aromatic rings. The van der Waals surface area contributed by atoms with Crippen LogP contribution in [0.5, 0.6) is 0 Å². The molecule has 0 aliphatic heterocycles. The Balaban J connectivity index is 2.01. The van der Waals surface area contributed by atoms with Crippen LogP contribution in [0, 0.1) is 5.82 Å². The van der Waals surface area contributed by atoms with Gasteiger partial charge in [-0.2, -0.15) is 0 Å². The average Bonchev–Trinajstić information content (AvgIpc) is 2.46. The van der Waals surface area contributed by atoms with E-state index in [1.807, 2.05) is 0 Å². The number of halogens is 1. The molecule has 1 amide bonds. The van der Waals surface area contributed by atoms with Crippen molar-refractivity contribution >= 4 is 15.7 Å². The highest BCUT2D eigenvalue weighted by Gasteiger charge is 2.12. The summed E-state index contributed by atoms with van der Waals surface area (Å²) in [4.78, 5) is 12.2. The van der Waals surface area contributed by atoms with Gasteiger partial charge in [0.1, 0.15) is 5.82 Å². The maximum atomic E-state index is 13.1. The number of nitrogens with one attached hydrogen (secondary N) is 1. The molecule has 4 nitrogen and oxygen atoms in total. The molecule has 0 fully saturated rings. The fourth-order valence-electron chi connectivity index (χ4n) is 2.21. The summed E-state index contributed by atoms with van der Waals surface area (Å²) in [5, 5.41) is 2.81. The van der Waals surface area contributed by atoms with Gasteiger partial charge in [-0.25, -0.2) is 12.8 Å². The predicted molar refractivity (Wildman–Crippen MR) is 86.2 cm³/mol. The second-order valence-corrected chi connectivity index (χ2v) is 7.45. The van der Waals surface area contributed by atoms with E-state index in [1.54, 1.807) is 31.2 Å². The molecule has 0 aliphatic carbocycles. The van der Waals surface area contributed by atoms with Gasteiger partial charge >= 0.3 is 0 Å². The first-order valence-corrected chi connectivity index (χ1v) is 8.98. The lowest BCUT2D eigenvalue weighted by Gasteiger charge is -2.15. The lowest BCUT2D eigenvalue weighted by atomic mass is 10.1. The minimum atomic E-state index is -3.24. The van der Waals surface area contributed by atoms with E-state index in [0.29, 0.717) is 5.56 Å². The van der Waals surface area contributed by atoms with Crippen molar-refractivity contribution in [1.29, 1.82) is 0 Å². The van der Waals surface area contributed by atoms with Crippen LogP contribution in [-0.2, 0) is 21.1 Å². The van der Waals surface area contributed by atoms with Crippen LogP contribution in [0.3, 0.4) is 0 Å². The first kappa shape index (κ1) is 17.1. The number of sulfone groups is 1. The molecule has 0 heterocycles. The second-order valence-electron chi connectivity index (χ2n) is 5.44. The fraction of sp³-hybridized carbons (Fsp3) is 0.235. The van der Waals surface area contributed by atoms with Gasteiger partial charge < -0.3 is 5.32 Å². The van der Waals surface area contributed by atoms with Crippen LogP contribution >= 0.6 is 0 Å². The van der Waals surface area contributed by atoms with Crippen LogP contribution in [0.4, 0.5) is 4.39 Å². The van der Waals surface area contributed by atoms with Gasteiger partial charge in [-0.15, -0.1) is 0 Å². The van der Waals surface area contributed by atoms with E-state index < -0.39 is 9.84 Å². The van der Waals surface area contributed by atoms with E-state index in [-0.39, 0.29) is 29.1 Å². The Morgan fingerprint density at radius 2 is 1.83 bits per heavy atom. The molecule has 0 aromatic heterocycles. The molecule has 0 radical (unpaired) electrons. The van der Waals surface area contributed by atoms with Crippen molar-refractivity contribution in [3.05, 3.63) is 65.5 Å². The zero-order valence-electron chi connectivity index (χ0n) is 12.9. The quantitative estimate of drug-likeness (QED) is 0.914. The Bertz CT molecular complexity index is 801. The van der Waals surface area contributed by atoms with Gasteiger partial charge in [0.2, 0.25) is 5.91 Å². The zero-order chi connectivity index (χ0) is 17.0. The van der Waals surface area contributed by atoms with Gasteiger partial charge in [0.15, 0.2) is 9.84 Å². The molecule has 122 valence electrons. The number of hydrogen-bond donors (Lipinski definition) is 1. The Morgan fingerprint density at radius 1 is 1.17 bits per heavy atom. The number of carbonyl (C=O) groups is 1. The molecule has 0 saturated heterocycles. The van der Waals surface area contributed by atoms with Crippen molar-refractivity contribution in [1.82, 2.24) is 5.32 Å². The molecular weight excluding hydrogens is 317 g/mol. The molecule has 1 N–H and O–H groups in total. The van der Waals surface area contributed by atoms with Crippen LogP contribution in [0.1, 0.15) is 24.1 Å². The maximum Gasteiger partial charge on any atom is 0.224 e. The molecule has 0 unspecified atom stereocenters. The third-order valence-electron chi connectivity index (χ3n) is 3.44. The summed E-state index contributed by atoms with van der Waals surface area (Å²) in [5.41, 5.74) is 1.40. The summed E-state index contributed by atoms with van der Waals surface area (Å²) in [6.07, 6.45) is 1.23. The van der Waals surface area contributed by atoms with Crippen molar-refractivity contribution in [3.8, 4) is 0 Å². The van der Waals surface area contributed by atoms with E-state index in [4.69, 9.17) is 0 Å². The zero-order valence-corrected chi connectivity index (χ0v) is 13.7. The van der Waals surface area contributed by atoms with Crippen LogP contribution in [0.15, 0.2) is 53.4 Å². The standard InChI is InChI=1S/C17H18FNO3S/c1-12(14-6-8-16(9-7-14)23(2,21)22)19-17(20)11-13-4-3-5-15(18)10-13/h3-10,12H,11H2,1-2H3,(H,19,20)/t12-/m0/s1. The molecule has 0 spiro atoms. The molecule has 2 aromatic carbocycles. The van der Waals surface area contributed by atoms with Crippen molar-refractivity contribution in [3.63, 3.8) is 0 Å². The van der Waals surface area contributed by atoms with Crippen LogP contribution < -0.4 is 5.32 Å². The van der Waals surface area contributed by atoms with Crippen LogP contribution in [0.25, 0.3) is 0 Å². The van der Waals surface area contributed by atoms with Crippen molar-refractivity contribution < 1.29 is 17.6 Å². The monoisotopic (exact) mass is 335 g/mol. The molecular formula is C17H18FNO3S. The van der Waals surface area contributed by atoms with Crippen molar-refractivity contribution in [2.24, 2.45) is 0 Å². The summed E-state index contributed by atoms with van der Waals surface area (Å²) < 4.78 is 35.9. The van der Waals surface area contributed by atoms with Gasteiger partial charge in [-0.3, -0.25) is 4.79 Å². The van der Waals surface area contributed by atoms with E-state index in [9.17, 15) is 17.6 Å². The van der Waals surface area contributed by atoms with Gasteiger partial charge in [-0.05, 0) is 42.3 Å². The van der Waals surface area contributed by atoms with Gasteiger partial charge in [-0.1, -0.05) is 24.3 Å². The highest BCUT2D eigenvalue weighted by molar-refractivity contribution is 7.90. The van der Waals surface area contributed by atoms with E-state index in [1.165, 1.54) is 24.3 Å². The highest BCUT2D eigenvalue weighted by atomic mass is 32.2. The number of amides is 1. The molecule has 6 heteroatoms. The van der Waals surface area contributed by atoms with E-state index >= 15 is 0 Å². The Hall–Kier alpha value is -2.21. The van der Waals surface area contributed by atoms with Crippen LogP contribution in [-0.4, -0.2) is 20.6 Å². The molecule has 0 bridgehead atoms. The minimum absolute atomic E-state index is 0.0868. The lowest BCUT2D eigenvalue weighted by molar-refractivity contribution is -0.121. The summed E-state index contributed by atoms with van der Waals surface area (Å²) in [5.74, 6) is -0.602. The molecule has 0 aliphatic rings. The van der Waals surface area contributed by atoms with Gasteiger partial charge in [0.05, 0.1) is 17.4 Å². The third-order valence-corrected chi connectivity index (χ3v) is 4.57. The number of rotatable bonds is 5. The van der Waals surface area contributed by atoms with Gasteiger partial charge in [0.25, 0.3) is 0 Å². The van der Waals surface area contributed by atoms with E-state index in [0.717, 1.165) is 11.8 Å². The Labute approximate surface area is 135 Å². The molecule has 2 rings (SSSR count). The SMILES string of the molecule is C[C@H](NC(=O)Cc1cccc(F)c1)c1ccc(S(C)(=O)=O)cc1. The topological polar surface area (TPSA) is 63.2 Å². The summed E-state index contributed by atoms with van der Waals surface area (Å²) in [6, 6.07) is 12.0. The first-order valence-electron chi connectivity index (χ1n) is 7.09. The smallest absolute Gasteiger partial charge is 0.224 e. The minimum Gasteiger partial charge on any atom is -0.349 e.